The number of amides is 1. The van der Waals surface area contributed by atoms with Crippen LogP contribution in [0, 0.1) is 6.92 Å². The molecule has 1 amide bonds. The number of nitrogens with one attached hydrogen (secondary N) is 1. The standard InChI is InChI=1S/C18H21ClN2O3S2/c1-4-25-17-8-6-5-7-15(17)20-18(22)12-21(26(3,23)24)16-11-14(19)10-9-13(16)2/h5-11H,4,12H2,1-3H3,(H,20,22). The lowest BCUT2D eigenvalue weighted by atomic mass is 10.2. The highest BCUT2D eigenvalue weighted by Gasteiger charge is 2.23. The summed E-state index contributed by atoms with van der Waals surface area (Å²) in [7, 11) is -3.66. The van der Waals surface area contributed by atoms with Crippen LogP contribution in [0.1, 0.15) is 12.5 Å². The van der Waals surface area contributed by atoms with Crippen LogP contribution in [0.15, 0.2) is 47.4 Å². The summed E-state index contributed by atoms with van der Waals surface area (Å²) in [5.41, 5.74) is 1.78. The smallest absolute Gasteiger partial charge is 0.245 e. The third-order valence-electron chi connectivity index (χ3n) is 3.59. The maximum Gasteiger partial charge on any atom is 0.245 e. The summed E-state index contributed by atoms with van der Waals surface area (Å²) in [6.07, 6.45) is 1.07. The van der Waals surface area contributed by atoms with Crippen LogP contribution in [0.3, 0.4) is 0 Å². The zero-order valence-corrected chi connectivity index (χ0v) is 17.2. The summed E-state index contributed by atoms with van der Waals surface area (Å²) < 4.78 is 25.6. The molecule has 5 nitrogen and oxygen atoms in total. The van der Waals surface area contributed by atoms with Crippen molar-refractivity contribution in [1.82, 2.24) is 0 Å². The Kier molecular flexibility index (Phi) is 6.97. The summed E-state index contributed by atoms with van der Waals surface area (Å²) in [5, 5.41) is 3.21. The van der Waals surface area contributed by atoms with Crippen molar-refractivity contribution in [3.63, 3.8) is 0 Å². The molecule has 0 atom stereocenters. The van der Waals surface area contributed by atoms with Gasteiger partial charge in [0.1, 0.15) is 6.54 Å². The molecule has 0 aliphatic rings. The van der Waals surface area contributed by atoms with Crippen LogP contribution >= 0.6 is 23.4 Å². The lowest BCUT2D eigenvalue weighted by Crippen LogP contribution is -2.38. The lowest BCUT2D eigenvalue weighted by molar-refractivity contribution is -0.114. The third kappa shape index (κ3) is 5.40. The molecule has 0 aliphatic heterocycles. The Morgan fingerprint density at radius 1 is 1.23 bits per heavy atom. The molecule has 0 bridgehead atoms. The molecule has 8 heteroatoms. The molecule has 0 saturated heterocycles. The average molecular weight is 413 g/mol. The molecule has 0 aromatic heterocycles. The van der Waals surface area contributed by atoms with Crippen LogP contribution in [0.4, 0.5) is 11.4 Å². The Balaban J connectivity index is 2.27. The van der Waals surface area contributed by atoms with E-state index in [1.807, 2.05) is 25.1 Å². The van der Waals surface area contributed by atoms with Crippen LogP contribution in [-0.2, 0) is 14.8 Å². The van der Waals surface area contributed by atoms with Gasteiger partial charge < -0.3 is 5.32 Å². The largest absolute Gasteiger partial charge is 0.323 e. The number of benzene rings is 2. The molecule has 140 valence electrons. The number of halogens is 1. The summed E-state index contributed by atoms with van der Waals surface area (Å²) in [5.74, 6) is 0.448. The average Bonchev–Trinajstić information content (AvgIpc) is 2.56. The van der Waals surface area contributed by atoms with E-state index in [-0.39, 0.29) is 6.54 Å². The van der Waals surface area contributed by atoms with E-state index in [0.717, 1.165) is 26.8 Å². The molecule has 0 aliphatic carbocycles. The number of carbonyl (C=O) groups is 1. The summed E-state index contributed by atoms with van der Waals surface area (Å²) in [6, 6.07) is 12.4. The first-order valence-corrected chi connectivity index (χ1v) is 11.2. The minimum Gasteiger partial charge on any atom is -0.323 e. The topological polar surface area (TPSA) is 66.5 Å². The molecule has 2 aromatic carbocycles. The van der Waals surface area contributed by atoms with Gasteiger partial charge in [-0.2, -0.15) is 0 Å². The van der Waals surface area contributed by atoms with Gasteiger partial charge in [0.2, 0.25) is 15.9 Å². The lowest BCUT2D eigenvalue weighted by Gasteiger charge is -2.24. The number of carbonyl (C=O) groups excluding carboxylic acids is 1. The zero-order chi connectivity index (χ0) is 19.3. The number of hydrogen-bond acceptors (Lipinski definition) is 4. The number of rotatable bonds is 7. The van der Waals surface area contributed by atoms with E-state index in [1.165, 1.54) is 0 Å². The van der Waals surface area contributed by atoms with E-state index in [4.69, 9.17) is 11.6 Å². The van der Waals surface area contributed by atoms with Crippen molar-refractivity contribution < 1.29 is 13.2 Å². The van der Waals surface area contributed by atoms with Crippen LogP contribution < -0.4 is 9.62 Å². The van der Waals surface area contributed by atoms with Crippen LogP contribution in [0.25, 0.3) is 0 Å². The molecular weight excluding hydrogens is 392 g/mol. The van der Waals surface area contributed by atoms with Crippen LogP contribution in [-0.4, -0.2) is 32.9 Å². The first-order valence-electron chi connectivity index (χ1n) is 7.98. The van der Waals surface area contributed by atoms with Gasteiger partial charge in [-0.3, -0.25) is 9.10 Å². The number of thioether (sulfide) groups is 1. The molecule has 0 heterocycles. The maximum atomic E-state index is 12.5. The Morgan fingerprint density at radius 2 is 1.92 bits per heavy atom. The van der Waals surface area contributed by atoms with Gasteiger partial charge in [0.15, 0.2) is 0 Å². The number of hydrogen-bond donors (Lipinski definition) is 1. The van der Waals surface area contributed by atoms with E-state index in [0.29, 0.717) is 16.4 Å². The highest BCUT2D eigenvalue weighted by Crippen LogP contribution is 2.28. The Hall–Kier alpha value is -1.70. The van der Waals surface area contributed by atoms with Gasteiger partial charge in [-0.05, 0) is 42.5 Å². The van der Waals surface area contributed by atoms with Crippen molar-refractivity contribution in [2.45, 2.75) is 18.7 Å². The second kappa shape index (κ2) is 8.79. The number of anilines is 2. The minimum absolute atomic E-state index is 0.328. The summed E-state index contributed by atoms with van der Waals surface area (Å²) in [4.78, 5) is 13.5. The van der Waals surface area contributed by atoms with Gasteiger partial charge >= 0.3 is 0 Å². The predicted octanol–water partition coefficient (Wildman–Crippen LogP) is 4.17. The Bertz CT molecular complexity index is 901. The predicted molar refractivity (Wildman–Crippen MR) is 110 cm³/mol. The van der Waals surface area contributed by atoms with Gasteiger partial charge in [-0.15, -0.1) is 11.8 Å². The van der Waals surface area contributed by atoms with E-state index in [9.17, 15) is 13.2 Å². The van der Waals surface area contributed by atoms with E-state index < -0.39 is 15.9 Å². The molecular formula is C18H21ClN2O3S2. The van der Waals surface area contributed by atoms with Crippen molar-refractivity contribution in [3.8, 4) is 0 Å². The minimum atomic E-state index is -3.66. The van der Waals surface area contributed by atoms with Gasteiger partial charge in [0.25, 0.3) is 0 Å². The molecule has 0 unspecified atom stereocenters. The van der Waals surface area contributed by atoms with E-state index >= 15 is 0 Å². The molecule has 2 rings (SSSR count). The molecule has 1 N–H and O–H groups in total. The second-order valence-corrected chi connectivity index (χ2v) is 9.33. The highest BCUT2D eigenvalue weighted by atomic mass is 35.5. The normalized spacial score (nSPS) is 11.2. The fourth-order valence-corrected chi connectivity index (χ4v) is 4.24. The van der Waals surface area contributed by atoms with Crippen LogP contribution in [0.2, 0.25) is 5.02 Å². The first-order chi connectivity index (χ1) is 12.2. The molecule has 0 radical (unpaired) electrons. The number of sulfonamides is 1. The Labute approximate surface area is 163 Å². The van der Waals surface area contributed by atoms with Crippen LogP contribution in [0.5, 0.6) is 0 Å². The van der Waals surface area contributed by atoms with Crippen molar-refractivity contribution in [2.24, 2.45) is 0 Å². The van der Waals surface area contributed by atoms with E-state index in [2.05, 4.69) is 5.32 Å². The fourth-order valence-electron chi connectivity index (χ4n) is 2.40. The second-order valence-electron chi connectivity index (χ2n) is 5.68. The molecule has 0 saturated carbocycles. The quantitative estimate of drug-likeness (QED) is 0.693. The summed E-state index contributed by atoms with van der Waals surface area (Å²) in [6.45, 7) is 3.47. The SMILES string of the molecule is CCSc1ccccc1NC(=O)CN(c1cc(Cl)ccc1C)S(C)(=O)=O. The van der Waals surface area contributed by atoms with Crippen molar-refractivity contribution >= 4 is 50.7 Å². The molecule has 0 fully saturated rings. The molecule has 0 spiro atoms. The monoisotopic (exact) mass is 412 g/mol. The van der Waals surface area contributed by atoms with Crippen molar-refractivity contribution in [3.05, 3.63) is 53.1 Å². The van der Waals surface area contributed by atoms with Crippen molar-refractivity contribution in [1.29, 1.82) is 0 Å². The zero-order valence-electron chi connectivity index (χ0n) is 14.8. The third-order valence-corrected chi connectivity index (χ3v) is 5.91. The van der Waals surface area contributed by atoms with Crippen molar-refractivity contribution in [2.75, 3.05) is 28.2 Å². The summed E-state index contributed by atoms with van der Waals surface area (Å²) >= 11 is 7.61. The fraction of sp³-hybridized carbons (Fsp3) is 0.278. The first kappa shape index (κ1) is 20.6. The number of para-hydroxylation sites is 1. The molecule has 26 heavy (non-hydrogen) atoms. The number of aryl methyl sites for hydroxylation is 1. The van der Waals surface area contributed by atoms with E-state index in [1.54, 1.807) is 43.0 Å². The van der Waals surface area contributed by atoms with Gasteiger partial charge in [-0.1, -0.05) is 36.7 Å². The van der Waals surface area contributed by atoms with Gasteiger partial charge in [-0.25, -0.2) is 8.42 Å². The maximum absolute atomic E-state index is 12.5. The molecule has 2 aromatic rings. The van der Waals surface area contributed by atoms with Gasteiger partial charge in [0.05, 0.1) is 17.6 Å². The number of nitrogens with zero attached hydrogens (tertiary/aromatic N) is 1. The Morgan fingerprint density at radius 3 is 2.58 bits per heavy atom. The highest BCUT2D eigenvalue weighted by molar-refractivity contribution is 7.99. The van der Waals surface area contributed by atoms with Gasteiger partial charge in [0, 0.05) is 9.92 Å².